The minimum absolute atomic E-state index is 0.630. The van der Waals surface area contributed by atoms with E-state index in [4.69, 9.17) is 9.97 Å². The van der Waals surface area contributed by atoms with Crippen LogP contribution in [0.1, 0.15) is 27.9 Å². The molecule has 0 amide bonds. The first-order chi connectivity index (χ1) is 21.9. The lowest BCUT2D eigenvalue weighted by molar-refractivity contribution is 0.714. The van der Waals surface area contributed by atoms with Gasteiger partial charge in [-0.15, -0.1) is 0 Å². The molecule has 1 spiro atoms. The zero-order chi connectivity index (χ0) is 29.1. The summed E-state index contributed by atoms with van der Waals surface area (Å²) in [5.41, 5.74) is 13.1. The molecule has 2 aromatic heterocycles. The number of hydrogen-bond donors (Lipinski definition) is 0. The lowest BCUT2D eigenvalue weighted by atomic mass is 9.65. The molecule has 3 aliphatic rings. The van der Waals surface area contributed by atoms with Crippen molar-refractivity contribution in [1.29, 1.82) is 0 Å². The Morgan fingerprint density at radius 2 is 1.41 bits per heavy atom. The molecule has 0 bridgehead atoms. The molecule has 4 nitrogen and oxygen atoms in total. The Kier molecular flexibility index (Phi) is 5.51. The highest BCUT2D eigenvalue weighted by atomic mass is 15.2. The number of hydrogen-bond acceptors (Lipinski definition) is 4. The van der Waals surface area contributed by atoms with E-state index in [1.165, 1.54) is 39.2 Å². The number of aromatic nitrogens is 3. The van der Waals surface area contributed by atoms with Crippen LogP contribution in [0.4, 0.5) is 11.4 Å². The number of benzene rings is 4. The molecule has 6 aromatic rings. The Bertz CT molecular complexity index is 2130. The molecule has 0 radical (unpaired) electrons. The maximum atomic E-state index is 5.58. The summed E-state index contributed by atoms with van der Waals surface area (Å²) in [5.74, 6) is 0.719. The molecular weight excluding hydrogens is 536 g/mol. The van der Waals surface area contributed by atoms with Gasteiger partial charge in [-0.3, -0.25) is 4.98 Å². The van der Waals surface area contributed by atoms with Crippen molar-refractivity contribution >= 4 is 11.4 Å². The normalized spacial score (nSPS) is 17.2. The van der Waals surface area contributed by atoms with Crippen LogP contribution in [0, 0.1) is 0 Å². The average Bonchev–Trinajstić information content (AvgIpc) is 3.44. The van der Waals surface area contributed by atoms with E-state index in [-0.39, 0.29) is 0 Å². The van der Waals surface area contributed by atoms with Crippen molar-refractivity contribution in [3.05, 3.63) is 174 Å². The Morgan fingerprint density at radius 3 is 2.30 bits per heavy atom. The average molecular weight is 565 g/mol. The van der Waals surface area contributed by atoms with Crippen molar-refractivity contribution in [2.75, 3.05) is 11.4 Å². The molecule has 208 valence electrons. The van der Waals surface area contributed by atoms with Crippen LogP contribution in [-0.2, 0) is 11.8 Å². The summed E-state index contributed by atoms with van der Waals surface area (Å²) in [7, 11) is 0. The fourth-order valence-corrected chi connectivity index (χ4v) is 7.49. The summed E-state index contributed by atoms with van der Waals surface area (Å²) in [6.45, 7) is 0.788. The van der Waals surface area contributed by atoms with Crippen molar-refractivity contribution in [2.45, 2.75) is 11.8 Å². The van der Waals surface area contributed by atoms with Crippen molar-refractivity contribution in [1.82, 2.24) is 15.0 Å². The van der Waals surface area contributed by atoms with Crippen molar-refractivity contribution in [3.8, 4) is 33.8 Å². The molecule has 4 aromatic carbocycles. The van der Waals surface area contributed by atoms with Crippen LogP contribution in [0.2, 0.25) is 0 Å². The molecule has 4 heteroatoms. The Morgan fingerprint density at radius 1 is 0.636 bits per heavy atom. The van der Waals surface area contributed by atoms with Gasteiger partial charge in [0.15, 0.2) is 5.82 Å². The highest BCUT2D eigenvalue weighted by Crippen LogP contribution is 2.63. The van der Waals surface area contributed by atoms with Crippen LogP contribution in [0.15, 0.2) is 146 Å². The van der Waals surface area contributed by atoms with Gasteiger partial charge in [0.1, 0.15) is 0 Å². The molecular formula is C40H28N4. The summed E-state index contributed by atoms with van der Waals surface area (Å²) in [6.07, 6.45) is 13.4. The first-order valence-electron chi connectivity index (χ1n) is 15.1. The minimum atomic E-state index is -0.630. The maximum Gasteiger partial charge on any atom is 0.160 e. The van der Waals surface area contributed by atoms with E-state index in [9.17, 15) is 0 Å². The lowest BCUT2D eigenvalue weighted by Crippen LogP contribution is -2.39. The predicted molar refractivity (Wildman–Crippen MR) is 177 cm³/mol. The molecule has 1 aliphatic carbocycles. The summed E-state index contributed by atoms with van der Waals surface area (Å²) < 4.78 is 0. The van der Waals surface area contributed by atoms with E-state index >= 15 is 0 Å². The molecule has 1 atom stereocenters. The van der Waals surface area contributed by atoms with Gasteiger partial charge in [0.25, 0.3) is 0 Å². The molecule has 1 unspecified atom stereocenters. The van der Waals surface area contributed by atoms with E-state index in [1.54, 1.807) is 0 Å². The maximum absolute atomic E-state index is 5.58. The van der Waals surface area contributed by atoms with Crippen molar-refractivity contribution in [3.63, 3.8) is 0 Å². The van der Waals surface area contributed by atoms with Crippen LogP contribution in [-0.4, -0.2) is 21.5 Å². The molecule has 9 rings (SSSR count). The van der Waals surface area contributed by atoms with Gasteiger partial charge >= 0.3 is 0 Å². The van der Waals surface area contributed by atoms with Crippen molar-refractivity contribution < 1.29 is 0 Å². The first kappa shape index (κ1) is 24.9. The standard InChI is InChI=1S/C40H28N4/c1-2-11-25-44-34-23-10-9-21-32(34)40(33-22-12-17-27(14-4-1)37(33)44)31-20-8-7-19-30(31)35-36(29-18-13-24-41-26-29)42-39(43-38(35)40)28-15-5-3-6-16-28/h1-13,15-24,26H,14,25H2. The Balaban J connectivity index is 1.48. The van der Waals surface area contributed by atoms with Gasteiger partial charge in [-0.2, -0.15) is 0 Å². The van der Waals surface area contributed by atoms with Gasteiger partial charge in [0.05, 0.1) is 16.8 Å². The quantitative estimate of drug-likeness (QED) is 0.211. The Labute approximate surface area is 256 Å². The van der Waals surface area contributed by atoms with E-state index in [0.29, 0.717) is 0 Å². The van der Waals surface area contributed by atoms with Gasteiger partial charge in [0, 0.05) is 47.0 Å². The highest BCUT2D eigenvalue weighted by molar-refractivity contribution is 5.97. The summed E-state index contributed by atoms with van der Waals surface area (Å²) >= 11 is 0. The molecule has 0 saturated heterocycles. The SMILES string of the molecule is C1=CCc2cccc3c2N(CC=C1)c1ccccc1C31c2ccccc2-c2c(-c3cccnc3)nc(-c3ccccc3)nc21. The van der Waals surface area contributed by atoms with Crippen LogP contribution in [0.25, 0.3) is 33.8 Å². The molecule has 0 fully saturated rings. The number of anilines is 2. The van der Waals surface area contributed by atoms with E-state index in [1.807, 2.05) is 24.5 Å². The van der Waals surface area contributed by atoms with Crippen LogP contribution in [0.5, 0.6) is 0 Å². The number of pyridine rings is 1. The van der Waals surface area contributed by atoms with Gasteiger partial charge in [-0.25, -0.2) is 9.97 Å². The van der Waals surface area contributed by atoms with Gasteiger partial charge in [-0.1, -0.05) is 115 Å². The minimum Gasteiger partial charge on any atom is -0.337 e. The number of allylic oxidation sites excluding steroid dienone is 3. The topological polar surface area (TPSA) is 41.9 Å². The van der Waals surface area contributed by atoms with Crippen LogP contribution >= 0.6 is 0 Å². The number of nitrogens with zero attached hydrogens (tertiary/aromatic N) is 4. The number of fused-ring (bicyclic) bond motifs is 9. The van der Waals surface area contributed by atoms with E-state index in [0.717, 1.165) is 46.9 Å². The van der Waals surface area contributed by atoms with Crippen LogP contribution < -0.4 is 4.90 Å². The highest BCUT2D eigenvalue weighted by Gasteiger charge is 2.54. The van der Waals surface area contributed by atoms with E-state index in [2.05, 4.69) is 131 Å². The lowest BCUT2D eigenvalue weighted by Gasteiger charge is -2.45. The first-order valence-corrected chi connectivity index (χ1v) is 15.1. The third-order valence-corrected chi connectivity index (χ3v) is 9.23. The Hall–Kier alpha value is -5.61. The zero-order valence-corrected chi connectivity index (χ0v) is 24.1. The fraction of sp³-hybridized carbons (Fsp3) is 0.0750. The largest absolute Gasteiger partial charge is 0.337 e. The second-order valence-corrected chi connectivity index (χ2v) is 11.5. The molecule has 2 aliphatic heterocycles. The summed E-state index contributed by atoms with van der Waals surface area (Å²) in [6, 6.07) is 39.0. The summed E-state index contributed by atoms with van der Waals surface area (Å²) in [4.78, 5) is 17.9. The molecule has 44 heavy (non-hydrogen) atoms. The third kappa shape index (κ3) is 3.42. The van der Waals surface area contributed by atoms with Gasteiger partial charge < -0.3 is 4.90 Å². The molecule has 0 N–H and O–H groups in total. The molecule has 4 heterocycles. The third-order valence-electron chi connectivity index (χ3n) is 9.23. The second kappa shape index (κ2) is 9.72. The van der Waals surface area contributed by atoms with Crippen molar-refractivity contribution in [2.24, 2.45) is 0 Å². The monoisotopic (exact) mass is 564 g/mol. The van der Waals surface area contributed by atoms with Gasteiger partial charge in [0.2, 0.25) is 0 Å². The number of para-hydroxylation sites is 2. The van der Waals surface area contributed by atoms with Gasteiger partial charge in [-0.05, 0) is 52.4 Å². The smallest absolute Gasteiger partial charge is 0.160 e. The fourth-order valence-electron chi connectivity index (χ4n) is 7.49. The van der Waals surface area contributed by atoms with E-state index < -0.39 is 5.41 Å². The zero-order valence-electron chi connectivity index (χ0n) is 24.1. The van der Waals surface area contributed by atoms with Crippen LogP contribution in [0.3, 0.4) is 0 Å². The summed E-state index contributed by atoms with van der Waals surface area (Å²) in [5, 5.41) is 0. The molecule has 0 saturated carbocycles. The predicted octanol–water partition coefficient (Wildman–Crippen LogP) is 8.69. The second-order valence-electron chi connectivity index (χ2n) is 11.5. The number of rotatable bonds is 2.